The zero-order valence-electron chi connectivity index (χ0n) is 14.4. The van der Waals surface area contributed by atoms with E-state index in [0.29, 0.717) is 11.9 Å². The molecule has 3 heterocycles. The first-order valence-corrected chi connectivity index (χ1v) is 10.00. The molecule has 132 valence electrons. The maximum atomic E-state index is 9.34. The third-order valence-corrected chi connectivity index (χ3v) is 6.32. The van der Waals surface area contributed by atoms with Gasteiger partial charge in [-0.1, -0.05) is 18.6 Å². The van der Waals surface area contributed by atoms with E-state index in [1.807, 2.05) is 0 Å². The number of amidine groups is 1. The van der Waals surface area contributed by atoms with Crippen molar-refractivity contribution in [1.29, 1.82) is 0 Å². The molecule has 0 bridgehead atoms. The van der Waals surface area contributed by atoms with E-state index in [1.54, 1.807) is 11.3 Å². The van der Waals surface area contributed by atoms with Gasteiger partial charge in [0.25, 0.3) is 0 Å². The third kappa shape index (κ3) is 3.50. The second-order valence-electron chi connectivity index (χ2n) is 7.04. The van der Waals surface area contributed by atoms with Crippen LogP contribution in [0.3, 0.4) is 0 Å². The maximum absolute atomic E-state index is 9.34. The van der Waals surface area contributed by atoms with E-state index >= 15 is 0 Å². The van der Waals surface area contributed by atoms with Crippen LogP contribution in [0.15, 0.2) is 34.6 Å². The molecule has 1 atom stereocenters. The molecule has 1 saturated heterocycles. The van der Waals surface area contributed by atoms with Crippen LogP contribution >= 0.6 is 11.3 Å². The van der Waals surface area contributed by atoms with Gasteiger partial charge in [0.05, 0.1) is 10.6 Å². The first kappa shape index (κ1) is 16.8. The van der Waals surface area contributed by atoms with Gasteiger partial charge < -0.3 is 10.8 Å². The predicted molar refractivity (Wildman–Crippen MR) is 104 cm³/mol. The molecule has 2 aromatic rings. The van der Waals surface area contributed by atoms with Crippen molar-refractivity contribution in [3.63, 3.8) is 0 Å². The molecular weight excluding hydrogens is 330 g/mol. The van der Waals surface area contributed by atoms with Crippen LogP contribution in [0.4, 0.5) is 5.69 Å². The van der Waals surface area contributed by atoms with E-state index in [2.05, 4.69) is 39.5 Å². The standard InChI is InChI=1S/C20H25N3OS/c21-20-19-15(7-10-25-19)12-16-11-14(4-5-18(16)22-20)13-23-8-2-1-3-17(23)6-9-24/h4-5,7,10-11,17,24H,1-3,6,8-9,12-13H2,(H2,21,22). The minimum atomic E-state index is 0.278. The summed E-state index contributed by atoms with van der Waals surface area (Å²) in [6, 6.07) is 9.25. The van der Waals surface area contributed by atoms with E-state index < -0.39 is 0 Å². The molecule has 3 N–H and O–H groups in total. The number of aliphatic hydroxyl groups excluding tert-OH is 1. The van der Waals surface area contributed by atoms with Crippen LogP contribution < -0.4 is 5.73 Å². The summed E-state index contributed by atoms with van der Waals surface area (Å²) in [5.74, 6) is 0.635. The normalized spacial score (nSPS) is 20.5. The number of piperidine rings is 1. The molecule has 4 nitrogen and oxygen atoms in total. The number of aliphatic imine (C=N–C) groups is 1. The number of fused-ring (bicyclic) bond motifs is 2. The summed E-state index contributed by atoms with van der Waals surface area (Å²) in [6.07, 6.45) is 5.51. The van der Waals surface area contributed by atoms with Crippen LogP contribution in [0.1, 0.15) is 47.3 Å². The Balaban J connectivity index is 1.58. The monoisotopic (exact) mass is 355 g/mol. The van der Waals surface area contributed by atoms with Crippen molar-refractivity contribution in [1.82, 2.24) is 4.90 Å². The molecule has 4 rings (SSSR count). The lowest BCUT2D eigenvalue weighted by Gasteiger charge is -2.35. The zero-order valence-corrected chi connectivity index (χ0v) is 15.3. The molecule has 1 unspecified atom stereocenters. The van der Waals surface area contributed by atoms with Crippen LogP contribution in [0.5, 0.6) is 0 Å². The highest BCUT2D eigenvalue weighted by Gasteiger charge is 2.22. The Bertz CT molecular complexity index is 781. The van der Waals surface area contributed by atoms with Gasteiger partial charge in [0.1, 0.15) is 5.84 Å². The number of rotatable bonds is 4. The lowest BCUT2D eigenvalue weighted by atomic mass is 9.97. The lowest BCUT2D eigenvalue weighted by Crippen LogP contribution is -2.39. The Labute approximate surface area is 153 Å². The van der Waals surface area contributed by atoms with Crippen molar-refractivity contribution in [3.8, 4) is 0 Å². The highest BCUT2D eigenvalue weighted by Crippen LogP contribution is 2.32. The van der Waals surface area contributed by atoms with Crippen LogP contribution in [0.2, 0.25) is 0 Å². The van der Waals surface area contributed by atoms with Gasteiger partial charge in [-0.3, -0.25) is 4.90 Å². The van der Waals surface area contributed by atoms with E-state index in [9.17, 15) is 5.11 Å². The summed E-state index contributed by atoms with van der Waals surface area (Å²) in [7, 11) is 0. The number of thiophene rings is 1. The van der Waals surface area contributed by atoms with Crippen LogP contribution in [0.25, 0.3) is 0 Å². The van der Waals surface area contributed by atoms with Crippen molar-refractivity contribution >= 4 is 22.9 Å². The number of nitrogens with zero attached hydrogens (tertiary/aromatic N) is 2. The van der Waals surface area contributed by atoms with E-state index in [4.69, 9.17) is 5.73 Å². The van der Waals surface area contributed by atoms with Gasteiger partial charge in [-0.05, 0) is 60.0 Å². The first-order valence-electron chi connectivity index (χ1n) is 9.12. The van der Waals surface area contributed by atoms with Crippen molar-refractivity contribution in [2.24, 2.45) is 10.7 Å². The molecule has 25 heavy (non-hydrogen) atoms. The van der Waals surface area contributed by atoms with Gasteiger partial charge in [-0.2, -0.15) is 0 Å². The quantitative estimate of drug-likeness (QED) is 0.883. The summed E-state index contributed by atoms with van der Waals surface area (Å²) in [6.45, 7) is 2.36. The van der Waals surface area contributed by atoms with Crippen LogP contribution in [0, 0.1) is 0 Å². The SMILES string of the molecule is NC1=Nc2ccc(CN3CCCCC3CCO)cc2Cc2ccsc21. The number of likely N-dealkylation sites (tertiary alicyclic amines) is 1. The summed E-state index contributed by atoms with van der Waals surface area (Å²) in [5, 5.41) is 11.4. The molecule has 2 aliphatic rings. The number of hydrogen-bond acceptors (Lipinski definition) is 5. The van der Waals surface area contributed by atoms with Gasteiger partial charge in [0, 0.05) is 25.6 Å². The lowest BCUT2D eigenvalue weighted by molar-refractivity contribution is 0.112. The number of nitrogens with two attached hydrogens (primary N) is 1. The topological polar surface area (TPSA) is 61.8 Å². The third-order valence-electron chi connectivity index (χ3n) is 5.34. The van der Waals surface area contributed by atoms with Crippen molar-refractivity contribution < 1.29 is 5.11 Å². The molecular formula is C20H25N3OS. The average Bonchev–Trinajstić information content (AvgIpc) is 3.02. The molecule has 0 spiro atoms. The molecule has 0 aliphatic carbocycles. The summed E-state index contributed by atoms with van der Waals surface area (Å²) in [5.41, 5.74) is 11.0. The fourth-order valence-corrected chi connectivity index (χ4v) is 4.88. The molecule has 1 aromatic heterocycles. The minimum Gasteiger partial charge on any atom is -0.396 e. The van der Waals surface area contributed by atoms with Gasteiger partial charge >= 0.3 is 0 Å². The fraction of sp³-hybridized carbons (Fsp3) is 0.450. The molecule has 1 fully saturated rings. The van der Waals surface area contributed by atoms with Gasteiger partial charge in [-0.25, -0.2) is 4.99 Å². The predicted octanol–water partition coefficient (Wildman–Crippen LogP) is 3.43. The van der Waals surface area contributed by atoms with Crippen molar-refractivity contribution in [2.75, 3.05) is 13.2 Å². The van der Waals surface area contributed by atoms with Crippen LogP contribution in [-0.4, -0.2) is 35.0 Å². The Morgan fingerprint density at radius 3 is 3.04 bits per heavy atom. The number of aliphatic hydroxyl groups is 1. The summed E-state index contributed by atoms with van der Waals surface area (Å²) in [4.78, 5) is 8.29. The molecule has 0 radical (unpaired) electrons. The number of hydrogen-bond donors (Lipinski definition) is 2. The molecule has 0 saturated carbocycles. The molecule has 1 aromatic carbocycles. The average molecular weight is 356 g/mol. The Morgan fingerprint density at radius 1 is 1.24 bits per heavy atom. The second-order valence-corrected chi connectivity index (χ2v) is 7.96. The largest absolute Gasteiger partial charge is 0.396 e. The second kappa shape index (κ2) is 7.28. The van der Waals surface area contributed by atoms with E-state index in [-0.39, 0.29) is 6.61 Å². The molecule has 5 heteroatoms. The van der Waals surface area contributed by atoms with E-state index in [1.165, 1.54) is 36.0 Å². The highest BCUT2D eigenvalue weighted by atomic mass is 32.1. The molecule has 2 aliphatic heterocycles. The van der Waals surface area contributed by atoms with E-state index in [0.717, 1.165) is 36.5 Å². The smallest absolute Gasteiger partial charge is 0.141 e. The minimum absolute atomic E-state index is 0.278. The van der Waals surface area contributed by atoms with Crippen LogP contribution in [-0.2, 0) is 13.0 Å². The summed E-state index contributed by atoms with van der Waals surface area (Å²) < 4.78 is 0. The summed E-state index contributed by atoms with van der Waals surface area (Å²) >= 11 is 1.67. The Kier molecular flexibility index (Phi) is 4.88. The van der Waals surface area contributed by atoms with Crippen molar-refractivity contribution in [2.45, 2.75) is 44.7 Å². The highest BCUT2D eigenvalue weighted by molar-refractivity contribution is 7.12. The first-order chi connectivity index (χ1) is 12.2. The van der Waals surface area contributed by atoms with Crippen molar-refractivity contribution in [3.05, 3.63) is 51.2 Å². The number of benzene rings is 1. The van der Waals surface area contributed by atoms with Gasteiger partial charge in [0.15, 0.2) is 0 Å². The Hall–Kier alpha value is -1.69. The molecule has 0 amide bonds. The zero-order chi connectivity index (χ0) is 17.2. The fourth-order valence-electron chi connectivity index (χ4n) is 4.05. The van der Waals surface area contributed by atoms with Gasteiger partial charge in [0.2, 0.25) is 0 Å². The maximum Gasteiger partial charge on any atom is 0.141 e. The van der Waals surface area contributed by atoms with Gasteiger partial charge in [-0.15, -0.1) is 11.3 Å². The Morgan fingerprint density at radius 2 is 2.16 bits per heavy atom.